The summed E-state index contributed by atoms with van der Waals surface area (Å²) < 4.78 is 0. The maximum atomic E-state index is 2.58. The lowest BCUT2D eigenvalue weighted by Crippen LogP contribution is -2.32. The highest BCUT2D eigenvalue weighted by molar-refractivity contribution is 7.99. The second-order valence-electron chi connectivity index (χ2n) is 22.9. The second kappa shape index (κ2) is 18.2. The first kappa shape index (κ1) is 47.9. The lowest BCUT2D eigenvalue weighted by Gasteiger charge is -2.40. The summed E-state index contributed by atoms with van der Waals surface area (Å²) in [5.41, 5.74) is 27.4. The van der Waals surface area contributed by atoms with Crippen molar-refractivity contribution in [2.75, 3.05) is 4.90 Å². The second-order valence-corrected chi connectivity index (χ2v) is 25.1. The van der Waals surface area contributed by atoms with Crippen LogP contribution < -0.4 is 4.90 Å². The average Bonchev–Trinajstić information content (AvgIpc) is 1.73. The van der Waals surface area contributed by atoms with Gasteiger partial charge in [0.2, 0.25) is 0 Å². The summed E-state index contributed by atoms with van der Waals surface area (Å²) in [5, 5.41) is 0. The Morgan fingerprint density at radius 3 is 1.21 bits per heavy atom. The van der Waals surface area contributed by atoms with Gasteiger partial charge in [-0.3, -0.25) is 0 Å². The Hall–Kier alpha value is -9.64. The van der Waals surface area contributed by atoms with Crippen molar-refractivity contribution in [2.24, 2.45) is 0 Å². The van der Waals surface area contributed by atoms with Crippen LogP contribution in [0.25, 0.3) is 44.5 Å². The molecule has 84 heavy (non-hydrogen) atoms. The zero-order chi connectivity index (χ0) is 55.1. The van der Waals surface area contributed by atoms with Gasteiger partial charge in [-0.2, -0.15) is 0 Å². The third kappa shape index (κ3) is 6.33. The summed E-state index contributed by atoms with van der Waals surface area (Å²) in [4.78, 5) is 7.79. The van der Waals surface area contributed by atoms with Crippen LogP contribution in [0.15, 0.2) is 329 Å². The number of anilines is 3. The van der Waals surface area contributed by atoms with Crippen molar-refractivity contribution in [2.45, 2.75) is 35.8 Å². The van der Waals surface area contributed by atoms with Crippen molar-refractivity contribution in [3.05, 3.63) is 376 Å². The predicted octanol–water partition coefficient (Wildman–Crippen LogP) is 20.8. The van der Waals surface area contributed by atoms with E-state index in [4.69, 9.17) is 0 Å². The Kier molecular flexibility index (Phi) is 10.4. The van der Waals surface area contributed by atoms with Gasteiger partial charge in [0.25, 0.3) is 0 Å². The SMILES string of the molecule is c1ccc(C2(c3ccccc3)c3ccccc3-c3ccc(-c4cccc(N(c5ccc6c(c5)-c5ccccc5C65c6ccccc6Sc6ccccc65)c5cccc6c5-c5ccccc5C65c6ccccc6Sc6ccccc65)c4)cc32)cc1. The minimum absolute atomic E-state index is 0.491. The fourth-order valence-corrected chi connectivity index (χ4v) is 18.3. The molecular weight excluding hydrogens is 1050 g/mol. The van der Waals surface area contributed by atoms with Gasteiger partial charge in [0.05, 0.1) is 21.9 Å². The number of nitrogens with zero attached hydrogens (tertiary/aromatic N) is 1. The van der Waals surface area contributed by atoms with E-state index in [1.807, 2.05) is 23.5 Å². The molecule has 1 nitrogen and oxygen atoms in total. The van der Waals surface area contributed by atoms with Gasteiger partial charge >= 0.3 is 0 Å². The zero-order valence-corrected chi connectivity index (χ0v) is 47.3. The van der Waals surface area contributed by atoms with Gasteiger partial charge in [-0.25, -0.2) is 0 Å². The van der Waals surface area contributed by atoms with Gasteiger partial charge in [0.15, 0.2) is 0 Å². The normalized spacial score (nSPS) is 14.9. The Morgan fingerprint density at radius 1 is 0.226 bits per heavy atom. The quantitative estimate of drug-likeness (QED) is 0.163. The van der Waals surface area contributed by atoms with Crippen LogP contribution in [0.5, 0.6) is 0 Å². The maximum absolute atomic E-state index is 2.58. The first-order valence-corrected chi connectivity index (χ1v) is 30.8. The molecule has 0 unspecified atom stereocenters. The Balaban J connectivity index is 0.894. The topological polar surface area (TPSA) is 3.24 Å². The molecule has 13 aromatic carbocycles. The molecule has 2 spiro atoms. The molecule has 5 aliphatic rings. The Bertz CT molecular complexity index is 4750. The van der Waals surface area contributed by atoms with E-state index in [2.05, 4.69) is 314 Å². The Morgan fingerprint density at radius 2 is 0.631 bits per heavy atom. The van der Waals surface area contributed by atoms with Crippen LogP contribution in [-0.4, -0.2) is 0 Å². The minimum atomic E-state index is -0.539. The molecule has 0 N–H and O–H groups in total. The lowest BCUT2D eigenvalue weighted by atomic mass is 9.67. The average molecular weight is 1100 g/mol. The summed E-state index contributed by atoms with van der Waals surface area (Å²) >= 11 is 3.78. The van der Waals surface area contributed by atoms with E-state index in [9.17, 15) is 0 Å². The van der Waals surface area contributed by atoms with E-state index >= 15 is 0 Å². The van der Waals surface area contributed by atoms with E-state index in [1.54, 1.807) is 0 Å². The fraction of sp³-hybridized carbons (Fsp3) is 0.0370. The monoisotopic (exact) mass is 1100 g/mol. The van der Waals surface area contributed by atoms with Gasteiger partial charge in [0, 0.05) is 36.5 Å². The van der Waals surface area contributed by atoms with E-state index < -0.39 is 16.2 Å². The van der Waals surface area contributed by atoms with Crippen LogP contribution >= 0.6 is 23.5 Å². The molecule has 3 heteroatoms. The van der Waals surface area contributed by atoms with Crippen molar-refractivity contribution >= 4 is 40.6 Å². The first-order chi connectivity index (χ1) is 41.7. The molecule has 13 aromatic rings. The maximum Gasteiger partial charge on any atom is 0.0736 e. The van der Waals surface area contributed by atoms with Crippen LogP contribution in [-0.2, 0) is 16.2 Å². The number of hydrogen-bond donors (Lipinski definition) is 0. The highest BCUT2D eigenvalue weighted by atomic mass is 32.2. The molecule has 0 bridgehead atoms. The standard InChI is InChI=1S/C81H51NS2/c1-3-24-54(25-4-1)79(55-26-5-2-6-27-55)63-32-10-7-29-58(63)60-47-45-53(50-72(60)79)52-23-21-28-56(49-52)82(57-46-48-66-62(51-57)59-30-8-11-33-64(59)80(66)67-35-13-17-41-74(67)83-75-42-18-14-36-68(75)80)73-40-22-39-71-78(73)61-31-9-12-34-65(61)81(71)69-37-15-19-43-76(69)84-77-44-20-16-38-70(77)81/h1-51H. The van der Waals surface area contributed by atoms with Gasteiger partial charge in [0.1, 0.15) is 0 Å². The first-order valence-electron chi connectivity index (χ1n) is 29.1. The molecule has 392 valence electrons. The molecule has 0 saturated heterocycles. The number of fused-ring (bicyclic) bond motifs is 21. The number of hydrogen-bond acceptors (Lipinski definition) is 3. The summed E-state index contributed by atoms with van der Waals surface area (Å²) in [6, 6.07) is 117. The van der Waals surface area contributed by atoms with Crippen molar-refractivity contribution in [3.63, 3.8) is 0 Å². The summed E-state index contributed by atoms with van der Waals surface area (Å²) in [6.45, 7) is 0. The highest BCUT2D eigenvalue weighted by Crippen LogP contribution is 2.66. The van der Waals surface area contributed by atoms with Gasteiger partial charge in [-0.1, -0.05) is 272 Å². The van der Waals surface area contributed by atoms with Gasteiger partial charge in [-0.05, 0) is 166 Å². The minimum Gasteiger partial charge on any atom is -0.310 e. The number of rotatable bonds is 6. The van der Waals surface area contributed by atoms with Crippen LogP contribution in [0.2, 0.25) is 0 Å². The molecule has 2 heterocycles. The fourth-order valence-electron chi connectivity index (χ4n) is 15.9. The summed E-state index contributed by atoms with van der Waals surface area (Å²) in [7, 11) is 0. The molecule has 0 fully saturated rings. The molecule has 3 aliphatic carbocycles. The molecule has 0 radical (unpaired) electrons. The van der Waals surface area contributed by atoms with Crippen LogP contribution in [0.3, 0.4) is 0 Å². The molecule has 0 atom stereocenters. The smallest absolute Gasteiger partial charge is 0.0736 e. The molecule has 0 amide bonds. The van der Waals surface area contributed by atoms with Crippen molar-refractivity contribution in [1.29, 1.82) is 0 Å². The molecule has 18 rings (SSSR count). The van der Waals surface area contributed by atoms with Crippen molar-refractivity contribution < 1.29 is 0 Å². The third-order valence-electron chi connectivity index (χ3n) is 19.1. The lowest BCUT2D eigenvalue weighted by molar-refractivity contribution is 0.722. The summed E-state index contributed by atoms with van der Waals surface area (Å²) in [6.07, 6.45) is 0. The van der Waals surface area contributed by atoms with Crippen molar-refractivity contribution in [3.8, 4) is 44.5 Å². The van der Waals surface area contributed by atoms with Crippen molar-refractivity contribution in [1.82, 2.24) is 0 Å². The predicted molar refractivity (Wildman–Crippen MR) is 347 cm³/mol. The Labute approximate surface area is 498 Å². The van der Waals surface area contributed by atoms with Crippen LogP contribution in [0, 0.1) is 0 Å². The molecule has 0 saturated carbocycles. The molecule has 2 aliphatic heterocycles. The third-order valence-corrected chi connectivity index (χ3v) is 21.4. The largest absolute Gasteiger partial charge is 0.310 e. The van der Waals surface area contributed by atoms with E-state index in [1.165, 1.54) is 125 Å². The van der Waals surface area contributed by atoms with E-state index in [0.29, 0.717) is 0 Å². The van der Waals surface area contributed by atoms with E-state index in [-0.39, 0.29) is 0 Å². The van der Waals surface area contributed by atoms with E-state index in [0.717, 1.165) is 22.6 Å². The molecular formula is C81H51NS2. The summed E-state index contributed by atoms with van der Waals surface area (Å²) in [5.74, 6) is 0. The highest BCUT2D eigenvalue weighted by Gasteiger charge is 2.53. The van der Waals surface area contributed by atoms with Crippen LogP contribution in [0.1, 0.15) is 66.8 Å². The van der Waals surface area contributed by atoms with Gasteiger partial charge < -0.3 is 4.90 Å². The molecule has 0 aromatic heterocycles. The van der Waals surface area contributed by atoms with Crippen LogP contribution in [0.4, 0.5) is 17.1 Å². The van der Waals surface area contributed by atoms with Gasteiger partial charge in [-0.15, -0.1) is 0 Å². The number of benzene rings is 13. The zero-order valence-electron chi connectivity index (χ0n) is 45.7.